The molecule has 0 unspecified atom stereocenters. The number of hydrogen-bond acceptors (Lipinski definition) is 6. The lowest BCUT2D eigenvalue weighted by molar-refractivity contribution is 0.0462. The minimum absolute atomic E-state index is 0.0397. The molecule has 0 aliphatic rings. The van der Waals surface area contributed by atoms with Gasteiger partial charge in [-0.25, -0.2) is 9.42 Å². The van der Waals surface area contributed by atoms with E-state index >= 15 is 0 Å². The van der Waals surface area contributed by atoms with Crippen molar-refractivity contribution in [2.24, 2.45) is 0 Å². The van der Waals surface area contributed by atoms with Gasteiger partial charge < -0.3 is 10.5 Å². The Morgan fingerprint density at radius 1 is 1.39 bits per heavy atom. The largest absolute Gasteiger partial charge is 0.455 e. The SMILES string of the molecule is Cc1cc(N)ccc1C(=O)OCc1nonc1C. The predicted molar refractivity (Wildman–Crippen MR) is 63.7 cm³/mol. The van der Waals surface area contributed by atoms with Crippen molar-refractivity contribution in [3.8, 4) is 0 Å². The van der Waals surface area contributed by atoms with Gasteiger partial charge in [-0.1, -0.05) is 10.3 Å². The summed E-state index contributed by atoms with van der Waals surface area (Å²) in [6.07, 6.45) is 0. The number of nitrogens with zero attached hydrogens (tertiary/aromatic N) is 2. The number of nitrogens with two attached hydrogens (primary N) is 1. The van der Waals surface area contributed by atoms with Crippen molar-refractivity contribution in [1.29, 1.82) is 0 Å². The fraction of sp³-hybridized carbons (Fsp3) is 0.250. The number of aryl methyl sites for hydroxylation is 2. The Labute approximate surface area is 104 Å². The Hall–Kier alpha value is -2.37. The van der Waals surface area contributed by atoms with Crippen LogP contribution in [0.4, 0.5) is 5.69 Å². The predicted octanol–water partition coefficient (Wildman–Crippen LogP) is 1.63. The summed E-state index contributed by atoms with van der Waals surface area (Å²) >= 11 is 0. The van der Waals surface area contributed by atoms with Crippen molar-refractivity contribution in [2.75, 3.05) is 5.73 Å². The van der Waals surface area contributed by atoms with Crippen LogP contribution >= 0.6 is 0 Å². The van der Waals surface area contributed by atoms with E-state index in [0.717, 1.165) is 5.56 Å². The number of hydrogen-bond donors (Lipinski definition) is 1. The first-order valence-electron chi connectivity index (χ1n) is 5.39. The normalized spacial score (nSPS) is 10.3. The molecule has 0 radical (unpaired) electrons. The van der Waals surface area contributed by atoms with Crippen molar-refractivity contribution < 1.29 is 14.2 Å². The molecule has 18 heavy (non-hydrogen) atoms. The molecule has 0 saturated carbocycles. The lowest BCUT2D eigenvalue weighted by atomic mass is 10.1. The van der Waals surface area contributed by atoms with Crippen LogP contribution in [0.1, 0.15) is 27.3 Å². The van der Waals surface area contributed by atoms with Crippen molar-refractivity contribution in [1.82, 2.24) is 10.3 Å². The molecule has 0 saturated heterocycles. The van der Waals surface area contributed by atoms with Gasteiger partial charge in [0, 0.05) is 5.69 Å². The number of carbonyl (C=O) groups is 1. The van der Waals surface area contributed by atoms with E-state index in [-0.39, 0.29) is 6.61 Å². The molecule has 0 aliphatic heterocycles. The summed E-state index contributed by atoms with van der Waals surface area (Å²) in [5.74, 6) is -0.421. The molecule has 94 valence electrons. The number of ether oxygens (including phenoxy) is 1. The van der Waals surface area contributed by atoms with Crippen LogP contribution in [0.2, 0.25) is 0 Å². The molecular formula is C12H13N3O3. The van der Waals surface area contributed by atoms with Gasteiger partial charge in [-0.05, 0) is 37.6 Å². The monoisotopic (exact) mass is 247 g/mol. The Kier molecular flexibility index (Phi) is 3.27. The van der Waals surface area contributed by atoms with E-state index in [2.05, 4.69) is 14.9 Å². The summed E-state index contributed by atoms with van der Waals surface area (Å²) in [6, 6.07) is 5.02. The first-order chi connectivity index (χ1) is 8.58. The van der Waals surface area contributed by atoms with Gasteiger partial charge in [-0.2, -0.15) is 0 Å². The van der Waals surface area contributed by atoms with Crippen molar-refractivity contribution in [3.05, 3.63) is 40.7 Å². The van der Waals surface area contributed by atoms with Crippen molar-refractivity contribution in [3.63, 3.8) is 0 Å². The van der Waals surface area contributed by atoms with Gasteiger partial charge >= 0.3 is 5.97 Å². The molecule has 0 spiro atoms. The maximum Gasteiger partial charge on any atom is 0.338 e. The Bertz CT molecular complexity index is 578. The fourth-order valence-corrected chi connectivity index (χ4v) is 1.51. The van der Waals surface area contributed by atoms with Crippen LogP contribution in [0, 0.1) is 13.8 Å². The third kappa shape index (κ3) is 2.48. The molecule has 0 atom stereocenters. The van der Waals surface area contributed by atoms with Crippen molar-refractivity contribution >= 4 is 11.7 Å². The van der Waals surface area contributed by atoms with Gasteiger partial charge in [0.1, 0.15) is 18.0 Å². The minimum Gasteiger partial charge on any atom is -0.455 e. The number of benzene rings is 1. The molecule has 2 aromatic rings. The maximum absolute atomic E-state index is 11.8. The summed E-state index contributed by atoms with van der Waals surface area (Å²) in [5.41, 5.74) is 8.60. The van der Waals surface area contributed by atoms with Crippen LogP contribution in [-0.4, -0.2) is 16.3 Å². The maximum atomic E-state index is 11.8. The molecule has 0 aliphatic carbocycles. The van der Waals surface area contributed by atoms with Crippen LogP contribution < -0.4 is 5.73 Å². The zero-order valence-electron chi connectivity index (χ0n) is 10.1. The van der Waals surface area contributed by atoms with Crippen LogP contribution in [-0.2, 0) is 11.3 Å². The first kappa shape index (κ1) is 12.1. The summed E-state index contributed by atoms with van der Waals surface area (Å²) in [6.45, 7) is 3.57. The molecule has 1 heterocycles. The Morgan fingerprint density at radius 2 is 2.17 bits per heavy atom. The van der Waals surface area contributed by atoms with E-state index in [1.54, 1.807) is 32.0 Å². The quantitative estimate of drug-likeness (QED) is 0.654. The van der Waals surface area contributed by atoms with Gasteiger partial charge in [0.2, 0.25) is 0 Å². The van der Waals surface area contributed by atoms with Gasteiger partial charge in [0.15, 0.2) is 0 Å². The van der Waals surface area contributed by atoms with Gasteiger partial charge in [0.05, 0.1) is 5.56 Å². The van der Waals surface area contributed by atoms with Crippen LogP contribution in [0.3, 0.4) is 0 Å². The Morgan fingerprint density at radius 3 is 2.78 bits per heavy atom. The highest BCUT2D eigenvalue weighted by atomic mass is 16.6. The summed E-state index contributed by atoms with van der Waals surface area (Å²) in [4.78, 5) is 11.8. The van der Waals surface area contributed by atoms with E-state index in [9.17, 15) is 4.79 Å². The lowest BCUT2D eigenvalue weighted by Crippen LogP contribution is -2.08. The van der Waals surface area contributed by atoms with E-state index in [0.29, 0.717) is 22.6 Å². The topological polar surface area (TPSA) is 91.2 Å². The molecule has 6 heteroatoms. The highest BCUT2D eigenvalue weighted by molar-refractivity contribution is 5.91. The molecule has 0 bridgehead atoms. The molecule has 1 aromatic heterocycles. The van der Waals surface area contributed by atoms with Gasteiger partial charge in [-0.15, -0.1) is 0 Å². The van der Waals surface area contributed by atoms with Crippen LogP contribution in [0.5, 0.6) is 0 Å². The highest BCUT2D eigenvalue weighted by Gasteiger charge is 2.13. The lowest BCUT2D eigenvalue weighted by Gasteiger charge is -2.06. The molecule has 0 fully saturated rings. The fourth-order valence-electron chi connectivity index (χ4n) is 1.51. The second-order valence-corrected chi connectivity index (χ2v) is 3.95. The number of anilines is 1. The highest BCUT2D eigenvalue weighted by Crippen LogP contribution is 2.14. The Balaban J connectivity index is 2.06. The second kappa shape index (κ2) is 4.87. The number of rotatable bonds is 3. The van der Waals surface area contributed by atoms with Crippen molar-refractivity contribution in [2.45, 2.75) is 20.5 Å². The van der Waals surface area contributed by atoms with E-state index in [1.165, 1.54) is 0 Å². The standard InChI is InChI=1S/C12H13N3O3/c1-7-5-9(13)3-4-10(7)12(16)17-6-11-8(2)14-18-15-11/h3-5H,6,13H2,1-2H3. The molecule has 0 amide bonds. The minimum atomic E-state index is -0.421. The summed E-state index contributed by atoms with van der Waals surface area (Å²) < 4.78 is 9.65. The number of carbonyl (C=O) groups excluding carboxylic acids is 1. The summed E-state index contributed by atoms with van der Waals surface area (Å²) in [7, 11) is 0. The number of nitrogen functional groups attached to an aromatic ring is 1. The van der Waals surface area contributed by atoms with Gasteiger partial charge in [0.25, 0.3) is 0 Å². The van der Waals surface area contributed by atoms with E-state index in [1.807, 2.05) is 0 Å². The van der Waals surface area contributed by atoms with E-state index in [4.69, 9.17) is 10.5 Å². The average Bonchev–Trinajstić information content (AvgIpc) is 2.72. The number of esters is 1. The smallest absolute Gasteiger partial charge is 0.338 e. The third-order valence-electron chi connectivity index (χ3n) is 2.56. The average molecular weight is 247 g/mol. The third-order valence-corrected chi connectivity index (χ3v) is 2.56. The van der Waals surface area contributed by atoms with Crippen LogP contribution in [0.15, 0.2) is 22.8 Å². The van der Waals surface area contributed by atoms with Gasteiger partial charge in [-0.3, -0.25) is 0 Å². The zero-order chi connectivity index (χ0) is 13.1. The zero-order valence-corrected chi connectivity index (χ0v) is 10.1. The molecule has 2 rings (SSSR count). The van der Waals surface area contributed by atoms with E-state index < -0.39 is 5.97 Å². The molecule has 6 nitrogen and oxygen atoms in total. The molecule has 1 aromatic carbocycles. The molecular weight excluding hydrogens is 234 g/mol. The molecule has 2 N–H and O–H groups in total. The number of aromatic nitrogens is 2. The van der Waals surface area contributed by atoms with Crippen LogP contribution in [0.25, 0.3) is 0 Å². The second-order valence-electron chi connectivity index (χ2n) is 3.95. The first-order valence-corrected chi connectivity index (χ1v) is 5.39. The summed E-state index contributed by atoms with van der Waals surface area (Å²) in [5, 5.41) is 7.24.